The quantitative estimate of drug-likeness (QED) is 0.399. The van der Waals surface area contributed by atoms with E-state index in [1.165, 1.54) is 6.07 Å². The molecule has 1 aromatic heterocycles. The number of nitrogens with one attached hydrogen (secondary N) is 1. The Balaban J connectivity index is 1.50. The molecule has 4 aromatic rings. The normalized spacial score (nSPS) is 12.9. The first-order chi connectivity index (χ1) is 13.6. The van der Waals surface area contributed by atoms with Gasteiger partial charge < -0.3 is 9.73 Å². The Morgan fingerprint density at radius 3 is 2.82 bits per heavy atom. The molecule has 0 spiro atoms. The number of benzene rings is 3. The Bertz CT molecular complexity index is 1340. The van der Waals surface area contributed by atoms with Crippen LogP contribution in [0.3, 0.4) is 0 Å². The third kappa shape index (κ3) is 2.97. The lowest BCUT2D eigenvalue weighted by Crippen LogP contribution is -2.11. The van der Waals surface area contributed by atoms with Crippen molar-refractivity contribution in [3.63, 3.8) is 0 Å². The van der Waals surface area contributed by atoms with E-state index in [0.717, 1.165) is 43.8 Å². The molecule has 0 amide bonds. The van der Waals surface area contributed by atoms with Crippen molar-refractivity contribution in [1.82, 2.24) is 0 Å². The molecule has 0 unspecified atom stereocenters. The number of aliphatic imine (C=N–C) groups is 1. The third-order valence-corrected chi connectivity index (χ3v) is 6.15. The second kappa shape index (κ2) is 6.69. The lowest BCUT2D eigenvalue weighted by atomic mass is 10.1. The van der Waals surface area contributed by atoms with Crippen LogP contribution in [0.1, 0.15) is 11.1 Å². The number of hydrogen-bond acceptors (Lipinski definition) is 5. The number of amidine groups is 1. The Morgan fingerprint density at radius 1 is 1.14 bits per heavy atom. The van der Waals surface area contributed by atoms with Gasteiger partial charge in [0.1, 0.15) is 5.58 Å². The van der Waals surface area contributed by atoms with Crippen LogP contribution < -0.4 is 10.9 Å². The number of hydrogen-bond donors (Lipinski definition) is 1. The summed E-state index contributed by atoms with van der Waals surface area (Å²) in [5.74, 6) is 0.575. The van der Waals surface area contributed by atoms with E-state index in [9.17, 15) is 4.79 Å². The Labute approximate surface area is 170 Å². The van der Waals surface area contributed by atoms with Gasteiger partial charge in [-0.25, -0.2) is 9.79 Å². The van der Waals surface area contributed by atoms with E-state index in [-0.39, 0.29) is 5.63 Å². The summed E-state index contributed by atoms with van der Waals surface area (Å²) in [6, 6.07) is 17.5. The van der Waals surface area contributed by atoms with Crippen molar-refractivity contribution in [2.45, 2.75) is 12.7 Å². The first-order valence-corrected chi connectivity index (χ1v) is 10.2. The molecule has 0 atom stereocenters. The van der Waals surface area contributed by atoms with Gasteiger partial charge in [0.2, 0.25) is 0 Å². The van der Waals surface area contributed by atoms with Gasteiger partial charge in [0.15, 0.2) is 5.17 Å². The first kappa shape index (κ1) is 17.3. The second-order valence-electron chi connectivity index (χ2n) is 6.70. The summed E-state index contributed by atoms with van der Waals surface area (Å²) in [7, 11) is 0. The number of halogens is 1. The first-order valence-electron chi connectivity index (χ1n) is 8.82. The molecule has 0 radical (unpaired) electrons. The lowest BCUT2D eigenvalue weighted by Gasteiger charge is -2.18. The van der Waals surface area contributed by atoms with E-state index in [1.54, 1.807) is 17.8 Å². The lowest BCUT2D eigenvalue weighted by molar-refractivity contribution is 0.559. The van der Waals surface area contributed by atoms with Crippen molar-refractivity contribution < 1.29 is 4.42 Å². The summed E-state index contributed by atoms with van der Waals surface area (Å²) in [5.41, 5.74) is 3.94. The minimum absolute atomic E-state index is 0.363. The molecule has 1 N–H and O–H groups in total. The average molecular weight is 407 g/mol. The van der Waals surface area contributed by atoms with Crippen LogP contribution in [0.4, 0.5) is 11.4 Å². The number of rotatable bonds is 2. The van der Waals surface area contributed by atoms with Crippen LogP contribution in [0.2, 0.25) is 5.02 Å². The fourth-order valence-corrected chi connectivity index (χ4v) is 4.49. The van der Waals surface area contributed by atoms with Crippen LogP contribution in [0.15, 0.2) is 68.8 Å². The van der Waals surface area contributed by atoms with E-state index >= 15 is 0 Å². The predicted octanol–water partition coefficient (Wildman–Crippen LogP) is 6.25. The van der Waals surface area contributed by atoms with Gasteiger partial charge in [-0.1, -0.05) is 47.6 Å². The zero-order chi connectivity index (χ0) is 19.3. The third-order valence-electron chi connectivity index (χ3n) is 4.82. The smallest absolute Gasteiger partial charge is 0.336 e. The predicted molar refractivity (Wildman–Crippen MR) is 118 cm³/mol. The molecule has 138 valence electrons. The maximum absolute atomic E-state index is 12.0. The number of thioether (sulfide) groups is 1. The van der Waals surface area contributed by atoms with Crippen molar-refractivity contribution in [1.29, 1.82) is 0 Å². The largest absolute Gasteiger partial charge is 0.423 e. The topological polar surface area (TPSA) is 54.6 Å². The van der Waals surface area contributed by atoms with Gasteiger partial charge in [0, 0.05) is 27.6 Å². The van der Waals surface area contributed by atoms with E-state index in [4.69, 9.17) is 21.0 Å². The van der Waals surface area contributed by atoms with Crippen molar-refractivity contribution in [2.75, 3.05) is 5.32 Å². The van der Waals surface area contributed by atoms with Crippen LogP contribution in [0.5, 0.6) is 0 Å². The molecule has 28 heavy (non-hydrogen) atoms. The summed E-state index contributed by atoms with van der Waals surface area (Å²) in [6.07, 6.45) is 0. The van der Waals surface area contributed by atoms with Crippen LogP contribution in [0.25, 0.3) is 21.7 Å². The molecule has 0 saturated carbocycles. The minimum Gasteiger partial charge on any atom is -0.423 e. The molecule has 0 aliphatic carbocycles. The number of nitrogens with zero attached hydrogens (tertiary/aromatic N) is 1. The zero-order valence-electron chi connectivity index (χ0n) is 15.0. The average Bonchev–Trinajstić information content (AvgIpc) is 2.68. The van der Waals surface area contributed by atoms with E-state index in [1.807, 2.05) is 31.2 Å². The van der Waals surface area contributed by atoms with Crippen LogP contribution in [-0.2, 0) is 5.75 Å². The van der Waals surface area contributed by atoms with Crippen molar-refractivity contribution >= 4 is 61.6 Å². The molecule has 4 nitrogen and oxygen atoms in total. The summed E-state index contributed by atoms with van der Waals surface area (Å²) in [6.45, 7) is 1.89. The molecular formula is C22H15ClN2O2S. The summed E-state index contributed by atoms with van der Waals surface area (Å²) in [5, 5.41) is 7.99. The molecule has 0 saturated heterocycles. The van der Waals surface area contributed by atoms with E-state index in [2.05, 4.69) is 23.5 Å². The molecule has 1 aliphatic rings. The Hall–Kier alpha value is -2.76. The van der Waals surface area contributed by atoms with E-state index < -0.39 is 0 Å². The molecule has 6 heteroatoms. The molecule has 2 heterocycles. The van der Waals surface area contributed by atoms with Gasteiger partial charge in [0.05, 0.1) is 11.4 Å². The highest BCUT2D eigenvalue weighted by atomic mass is 35.5. The summed E-state index contributed by atoms with van der Waals surface area (Å²) < 4.78 is 5.35. The fourth-order valence-electron chi connectivity index (χ4n) is 3.45. The van der Waals surface area contributed by atoms with Crippen LogP contribution in [0, 0.1) is 6.92 Å². The molecule has 0 bridgehead atoms. The van der Waals surface area contributed by atoms with Crippen molar-refractivity contribution in [2.24, 2.45) is 4.99 Å². The van der Waals surface area contributed by atoms with E-state index in [0.29, 0.717) is 16.4 Å². The second-order valence-corrected chi connectivity index (χ2v) is 8.07. The van der Waals surface area contributed by atoms with Gasteiger partial charge in [-0.2, -0.15) is 0 Å². The SMILES string of the molecule is Cc1cc2oc(=O)cc(CSC3=Nc4cccc5cccc(c45)N3)c2cc1Cl. The standard InChI is InChI=1S/C22H15ClN2O2S/c1-12-8-19-15(10-16(12)23)14(9-20(26)27-19)11-28-22-24-17-6-2-4-13-5-3-7-18(25-22)21(13)17/h2-10H,11H2,1H3,(H,24,25). The number of fused-ring (bicyclic) bond motifs is 1. The van der Waals surface area contributed by atoms with Crippen LogP contribution >= 0.6 is 23.4 Å². The molecular weight excluding hydrogens is 392 g/mol. The fraction of sp³-hybridized carbons (Fsp3) is 0.0909. The Kier molecular flexibility index (Phi) is 4.14. The van der Waals surface area contributed by atoms with Gasteiger partial charge in [-0.3, -0.25) is 0 Å². The molecule has 0 fully saturated rings. The summed E-state index contributed by atoms with van der Waals surface area (Å²) >= 11 is 7.83. The van der Waals surface area contributed by atoms with Crippen LogP contribution in [-0.4, -0.2) is 5.17 Å². The summed E-state index contributed by atoms with van der Waals surface area (Å²) in [4.78, 5) is 16.7. The number of aryl methyl sites for hydroxylation is 1. The van der Waals surface area contributed by atoms with Gasteiger partial charge in [0.25, 0.3) is 0 Å². The van der Waals surface area contributed by atoms with Gasteiger partial charge >= 0.3 is 5.63 Å². The van der Waals surface area contributed by atoms with Gasteiger partial charge in [-0.05, 0) is 47.7 Å². The highest BCUT2D eigenvalue weighted by Crippen LogP contribution is 2.37. The van der Waals surface area contributed by atoms with Crippen molar-refractivity contribution in [3.05, 3.63) is 81.2 Å². The molecule has 5 rings (SSSR count). The minimum atomic E-state index is -0.363. The monoisotopic (exact) mass is 406 g/mol. The number of anilines is 1. The highest BCUT2D eigenvalue weighted by Gasteiger charge is 2.16. The molecule has 3 aromatic carbocycles. The zero-order valence-corrected chi connectivity index (χ0v) is 16.5. The van der Waals surface area contributed by atoms with Gasteiger partial charge in [-0.15, -0.1) is 0 Å². The Morgan fingerprint density at radius 2 is 1.96 bits per heavy atom. The highest BCUT2D eigenvalue weighted by molar-refractivity contribution is 8.13. The maximum atomic E-state index is 12.0. The van der Waals surface area contributed by atoms with Crippen molar-refractivity contribution in [3.8, 4) is 0 Å². The maximum Gasteiger partial charge on any atom is 0.336 e. The molecule has 1 aliphatic heterocycles.